The van der Waals surface area contributed by atoms with Crippen molar-refractivity contribution < 1.29 is 0 Å². The van der Waals surface area contributed by atoms with Gasteiger partial charge >= 0.3 is 0 Å². The van der Waals surface area contributed by atoms with Gasteiger partial charge in [-0.1, -0.05) is 33.6 Å². The second-order valence-electron chi connectivity index (χ2n) is 4.01. The predicted octanol–water partition coefficient (Wildman–Crippen LogP) is 2.91. The lowest BCUT2D eigenvalue weighted by atomic mass is 9.78. The smallest absolute Gasteiger partial charge is 0.00504 e. The molecular weight excluding hydrogens is 146 g/mol. The molecule has 0 aromatic heterocycles. The second kappa shape index (κ2) is 4.27. The van der Waals surface area contributed by atoms with Crippen LogP contribution in [0.3, 0.4) is 0 Å². The third kappa shape index (κ3) is 1.82. The molecule has 12 heavy (non-hydrogen) atoms. The Hall–Kier alpha value is -0.0400. The summed E-state index contributed by atoms with van der Waals surface area (Å²) in [7, 11) is 0. The van der Waals surface area contributed by atoms with Gasteiger partial charge in [0, 0.05) is 13.1 Å². The second-order valence-corrected chi connectivity index (χ2v) is 4.01. The van der Waals surface area contributed by atoms with E-state index >= 15 is 0 Å². The normalized spacial score (nSPS) is 26.2. The van der Waals surface area contributed by atoms with Gasteiger partial charge < -0.3 is 4.90 Å². The molecule has 2 fully saturated rings. The minimum absolute atomic E-state index is 0.815. The lowest BCUT2D eigenvalue weighted by Crippen LogP contribution is -2.54. The molecule has 1 saturated heterocycles. The molecule has 0 N–H and O–H groups in total. The molecule has 0 aromatic rings. The largest absolute Gasteiger partial charge is 0.302 e. The molecule has 1 spiro atoms. The third-order valence-electron chi connectivity index (χ3n) is 3.23. The van der Waals surface area contributed by atoms with E-state index in [4.69, 9.17) is 0 Å². The van der Waals surface area contributed by atoms with E-state index < -0.39 is 0 Å². The Bertz CT molecular complexity index is 117. The summed E-state index contributed by atoms with van der Waals surface area (Å²) in [5.74, 6) is 0. The van der Waals surface area contributed by atoms with Crippen LogP contribution in [0.15, 0.2) is 0 Å². The Labute approximate surface area is 77.1 Å². The van der Waals surface area contributed by atoms with Crippen molar-refractivity contribution in [2.45, 2.75) is 46.5 Å². The Kier molecular flexibility index (Phi) is 3.57. The highest BCUT2D eigenvalue weighted by atomic mass is 15.2. The van der Waals surface area contributed by atoms with Gasteiger partial charge in [-0.05, 0) is 24.8 Å². The molecule has 0 bridgehead atoms. The lowest BCUT2D eigenvalue weighted by molar-refractivity contribution is 0.0108. The van der Waals surface area contributed by atoms with E-state index in [1.165, 1.54) is 45.3 Å². The van der Waals surface area contributed by atoms with Crippen molar-refractivity contribution in [2.24, 2.45) is 5.41 Å². The number of hydrogen-bond donors (Lipinski definition) is 0. The van der Waals surface area contributed by atoms with Crippen LogP contribution < -0.4 is 0 Å². The molecule has 0 atom stereocenters. The fraction of sp³-hybridized carbons (Fsp3) is 1.00. The SMILES string of the molecule is CC.CCN1CC2(CCCC2)C1. The molecule has 72 valence electrons. The summed E-state index contributed by atoms with van der Waals surface area (Å²) in [6.07, 6.45) is 6.03. The predicted molar refractivity (Wildman–Crippen MR) is 54.4 cm³/mol. The Morgan fingerprint density at radius 3 is 2.00 bits per heavy atom. The third-order valence-corrected chi connectivity index (χ3v) is 3.23. The van der Waals surface area contributed by atoms with Crippen LogP contribution >= 0.6 is 0 Å². The van der Waals surface area contributed by atoms with Gasteiger partial charge in [0.25, 0.3) is 0 Å². The molecule has 0 unspecified atom stereocenters. The molecule has 1 aliphatic carbocycles. The van der Waals surface area contributed by atoms with Crippen molar-refractivity contribution in [1.29, 1.82) is 0 Å². The van der Waals surface area contributed by atoms with E-state index in [1.54, 1.807) is 0 Å². The highest BCUT2D eigenvalue weighted by Gasteiger charge is 2.43. The van der Waals surface area contributed by atoms with E-state index in [0.29, 0.717) is 0 Å². The number of hydrogen-bond acceptors (Lipinski definition) is 1. The Balaban J connectivity index is 0.000000336. The number of rotatable bonds is 1. The topological polar surface area (TPSA) is 3.24 Å². The number of likely N-dealkylation sites (tertiary alicyclic amines) is 1. The summed E-state index contributed by atoms with van der Waals surface area (Å²) in [6.45, 7) is 10.3. The molecular formula is C11H23N. The van der Waals surface area contributed by atoms with Crippen molar-refractivity contribution in [3.8, 4) is 0 Å². The van der Waals surface area contributed by atoms with Gasteiger partial charge in [-0.3, -0.25) is 0 Å². The molecule has 0 radical (unpaired) electrons. The fourth-order valence-corrected chi connectivity index (χ4v) is 2.57. The quantitative estimate of drug-likeness (QED) is 0.583. The van der Waals surface area contributed by atoms with Crippen LogP contribution in [0.5, 0.6) is 0 Å². The molecule has 2 aliphatic rings. The maximum atomic E-state index is 2.56. The monoisotopic (exact) mass is 169 g/mol. The molecule has 1 nitrogen and oxygen atoms in total. The van der Waals surface area contributed by atoms with Gasteiger partial charge in [0.1, 0.15) is 0 Å². The fourth-order valence-electron chi connectivity index (χ4n) is 2.57. The zero-order chi connectivity index (χ0) is 9.03. The standard InChI is InChI=1S/C9H17N.C2H6/c1-2-10-7-9(8-10)5-3-4-6-9;1-2/h2-8H2,1H3;1-2H3. The minimum atomic E-state index is 0.815. The van der Waals surface area contributed by atoms with Crippen molar-refractivity contribution in [2.75, 3.05) is 19.6 Å². The van der Waals surface area contributed by atoms with Gasteiger partial charge in [0.05, 0.1) is 0 Å². The highest BCUT2D eigenvalue weighted by Crippen LogP contribution is 2.44. The van der Waals surface area contributed by atoms with Crippen LogP contribution in [0.4, 0.5) is 0 Å². The molecule has 2 rings (SSSR count). The zero-order valence-electron chi connectivity index (χ0n) is 8.90. The molecule has 1 saturated carbocycles. The maximum Gasteiger partial charge on any atom is 0.00504 e. The molecule has 1 aliphatic heterocycles. The zero-order valence-corrected chi connectivity index (χ0v) is 8.90. The molecule has 0 aromatic carbocycles. The first-order valence-corrected chi connectivity index (χ1v) is 5.57. The van der Waals surface area contributed by atoms with E-state index in [1.807, 2.05) is 13.8 Å². The van der Waals surface area contributed by atoms with E-state index in [-0.39, 0.29) is 0 Å². The highest BCUT2D eigenvalue weighted by molar-refractivity contribution is 4.97. The molecule has 1 heterocycles. The number of nitrogens with zero attached hydrogens (tertiary/aromatic N) is 1. The van der Waals surface area contributed by atoms with Crippen molar-refractivity contribution in [3.05, 3.63) is 0 Å². The van der Waals surface area contributed by atoms with E-state index in [2.05, 4.69) is 11.8 Å². The van der Waals surface area contributed by atoms with Crippen molar-refractivity contribution in [1.82, 2.24) is 4.90 Å². The lowest BCUT2D eigenvalue weighted by Gasteiger charge is -2.48. The van der Waals surface area contributed by atoms with Crippen LogP contribution in [0.25, 0.3) is 0 Å². The molecule has 1 heteroatoms. The summed E-state index contributed by atoms with van der Waals surface area (Å²) in [5.41, 5.74) is 0.815. The Morgan fingerprint density at radius 1 is 1.08 bits per heavy atom. The van der Waals surface area contributed by atoms with Crippen LogP contribution in [-0.4, -0.2) is 24.5 Å². The van der Waals surface area contributed by atoms with Crippen LogP contribution in [0.1, 0.15) is 46.5 Å². The Morgan fingerprint density at radius 2 is 1.58 bits per heavy atom. The average Bonchev–Trinajstić information content (AvgIpc) is 2.53. The first-order chi connectivity index (χ1) is 5.85. The van der Waals surface area contributed by atoms with E-state index in [9.17, 15) is 0 Å². The van der Waals surface area contributed by atoms with Crippen LogP contribution in [0, 0.1) is 5.41 Å². The van der Waals surface area contributed by atoms with Crippen LogP contribution in [-0.2, 0) is 0 Å². The van der Waals surface area contributed by atoms with Gasteiger partial charge in [-0.25, -0.2) is 0 Å². The summed E-state index contributed by atoms with van der Waals surface area (Å²) < 4.78 is 0. The molecule has 0 amide bonds. The summed E-state index contributed by atoms with van der Waals surface area (Å²) in [5, 5.41) is 0. The summed E-state index contributed by atoms with van der Waals surface area (Å²) in [4.78, 5) is 2.56. The summed E-state index contributed by atoms with van der Waals surface area (Å²) in [6, 6.07) is 0. The van der Waals surface area contributed by atoms with Gasteiger partial charge in [-0.2, -0.15) is 0 Å². The average molecular weight is 169 g/mol. The van der Waals surface area contributed by atoms with Gasteiger partial charge in [0.2, 0.25) is 0 Å². The van der Waals surface area contributed by atoms with Crippen LogP contribution in [0.2, 0.25) is 0 Å². The summed E-state index contributed by atoms with van der Waals surface area (Å²) >= 11 is 0. The van der Waals surface area contributed by atoms with Gasteiger partial charge in [0.15, 0.2) is 0 Å². The van der Waals surface area contributed by atoms with Gasteiger partial charge in [-0.15, -0.1) is 0 Å². The van der Waals surface area contributed by atoms with Crippen molar-refractivity contribution in [3.63, 3.8) is 0 Å². The first-order valence-electron chi connectivity index (χ1n) is 5.57. The first kappa shape index (κ1) is 10.0. The van der Waals surface area contributed by atoms with Crippen molar-refractivity contribution >= 4 is 0 Å². The maximum absolute atomic E-state index is 2.56. The minimum Gasteiger partial charge on any atom is -0.302 e. The van der Waals surface area contributed by atoms with E-state index in [0.717, 1.165) is 5.41 Å².